The predicted molar refractivity (Wildman–Crippen MR) is 62.2 cm³/mol. The third kappa shape index (κ3) is 3.18. The molecule has 0 aliphatic carbocycles. The molecule has 3 nitrogen and oxygen atoms in total. The van der Waals surface area contributed by atoms with Gasteiger partial charge in [-0.1, -0.05) is 6.07 Å². The van der Waals surface area contributed by atoms with E-state index in [0.717, 1.165) is 0 Å². The lowest BCUT2D eigenvalue weighted by Gasteiger charge is -2.20. The molecule has 1 aromatic rings. The molecule has 1 N–H and O–H groups in total. The van der Waals surface area contributed by atoms with Gasteiger partial charge in [-0.25, -0.2) is 4.39 Å². The molecule has 0 aliphatic heterocycles. The zero-order valence-electron chi connectivity index (χ0n) is 9.90. The van der Waals surface area contributed by atoms with Crippen LogP contribution in [-0.2, 0) is 4.74 Å². The average molecular weight is 227 g/mol. The first-order valence-electron chi connectivity index (χ1n) is 5.24. The highest BCUT2D eigenvalue weighted by atomic mass is 19.1. The molecular weight excluding hydrogens is 209 g/mol. The Morgan fingerprint density at radius 3 is 2.69 bits per heavy atom. The number of ether oxygens (including phenoxy) is 1. The molecular formula is C12H18FNO2. The number of benzene rings is 1. The zero-order valence-corrected chi connectivity index (χ0v) is 9.90. The molecule has 1 aromatic carbocycles. The van der Waals surface area contributed by atoms with Crippen LogP contribution in [0.4, 0.5) is 10.1 Å². The van der Waals surface area contributed by atoms with E-state index in [1.54, 1.807) is 38.1 Å². The van der Waals surface area contributed by atoms with Gasteiger partial charge in [0, 0.05) is 20.7 Å². The number of aliphatic hydroxyl groups is 1. The van der Waals surface area contributed by atoms with E-state index in [4.69, 9.17) is 4.74 Å². The predicted octanol–water partition coefficient (Wildman–Crippen LogP) is 1.96. The number of aliphatic hydroxyl groups excluding tert-OH is 1. The van der Waals surface area contributed by atoms with E-state index in [-0.39, 0.29) is 5.82 Å². The lowest BCUT2D eigenvalue weighted by atomic mass is 10.1. The first-order valence-corrected chi connectivity index (χ1v) is 5.24. The fraction of sp³-hybridized carbons (Fsp3) is 0.500. The summed E-state index contributed by atoms with van der Waals surface area (Å²) in [5.41, 5.74) is 1.10. The summed E-state index contributed by atoms with van der Waals surface area (Å²) in [5, 5.41) is 9.32. The van der Waals surface area contributed by atoms with Gasteiger partial charge in [0.2, 0.25) is 0 Å². The number of rotatable bonds is 5. The maximum atomic E-state index is 13.7. The highest BCUT2D eigenvalue weighted by Gasteiger charge is 2.10. The summed E-state index contributed by atoms with van der Waals surface area (Å²) < 4.78 is 18.6. The second-order valence-corrected chi connectivity index (χ2v) is 3.80. The van der Waals surface area contributed by atoms with Crippen LogP contribution in [0.3, 0.4) is 0 Å². The second-order valence-electron chi connectivity index (χ2n) is 3.80. The van der Waals surface area contributed by atoms with E-state index in [1.807, 2.05) is 0 Å². The lowest BCUT2D eigenvalue weighted by molar-refractivity contribution is 0.198. The van der Waals surface area contributed by atoms with Crippen molar-refractivity contribution in [1.29, 1.82) is 0 Å². The van der Waals surface area contributed by atoms with Crippen LogP contribution in [-0.4, -0.2) is 32.4 Å². The lowest BCUT2D eigenvalue weighted by Crippen LogP contribution is -2.23. The summed E-state index contributed by atoms with van der Waals surface area (Å²) >= 11 is 0. The standard InChI is InChI=1S/C12H18FNO2/c1-9(15)10-4-5-12(11(13)8-10)14(2)6-7-16-3/h4-5,8-9,15H,6-7H2,1-3H3/t9-/m0/s1. The van der Waals surface area contributed by atoms with Crippen LogP contribution >= 0.6 is 0 Å². The van der Waals surface area contributed by atoms with Crippen molar-refractivity contribution in [3.63, 3.8) is 0 Å². The van der Waals surface area contributed by atoms with Gasteiger partial charge in [0.05, 0.1) is 18.4 Å². The summed E-state index contributed by atoms with van der Waals surface area (Å²) in [6.07, 6.45) is -0.646. The molecule has 0 amide bonds. The summed E-state index contributed by atoms with van der Waals surface area (Å²) in [6.45, 7) is 2.79. The first kappa shape index (κ1) is 12.9. The Labute approximate surface area is 95.5 Å². The van der Waals surface area contributed by atoms with E-state index >= 15 is 0 Å². The molecule has 0 saturated heterocycles. The van der Waals surface area contributed by atoms with Crippen LogP contribution in [0.25, 0.3) is 0 Å². The summed E-state index contributed by atoms with van der Waals surface area (Å²) in [6, 6.07) is 4.77. The number of halogens is 1. The van der Waals surface area contributed by atoms with Gasteiger partial charge in [0.1, 0.15) is 5.82 Å². The highest BCUT2D eigenvalue weighted by molar-refractivity contribution is 5.48. The Bertz CT molecular complexity index is 342. The van der Waals surface area contributed by atoms with E-state index < -0.39 is 6.10 Å². The van der Waals surface area contributed by atoms with Crippen molar-refractivity contribution in [2.45, 2.75) is 13.0 Å². The Kier molecular flexibility index (Phi) is 4.71. The topological polar surface area (TPSA) is 32.7 Å². The number of hydrogen-bond donors (Lipinski definition) is 1. The molecule has 90 valence electrons. The molecule has 1 atom stereocenters. The Morgan fingerprint density at radius 2 is 2.19 bits per heavy atom. The van der Waals surface area contributed by atoms with Crippen LogP contribution in [0.2, 0.25) is 0 Å². The van der Waals surface area contributed by atoms with Gasteiger partial charge < -0.3 is 14.7 Å². The third-order valence-electron chi connectivity index (χ3n) is 2.50. The minimum atomic E-state index is -0.646. The molecule has 0 fully saturated rings. The molecule has 16 heavy (non-hydrogen) atoms. The Balaban J connectivity index is 2.81. The number of likely N-dealkylation sites (N-methyl/N-ethyl adjacent to an activating group) is 1. The minimum Gasteiger partial charge on any atom is -0.389 e. The first-order chi connectivity index (χ1) is 7.56. The third-order valence-corrected chi connectivity index (χ3v) is 2.50. The van der Waals surface area contributed by atoms with Gasteiger partial charge in [0.15, 0.2) is 0 Å². The molecule has 0 unspecified atom stereocenters. The van der Waals surface area contributed by atoms with Gasteiger partial charge in [-0.15, -0.1) is 0 Å². The Morgan fingerprint density at radius 1 is 1.50 bits per heavy atom. The molecule has 0 spiro atoms. The van der Waals surface area contributed by atoms with Gasteiger partial charge in [0.25, 0.3) is 0 Å². The second kappa shape index (κ2) is 5.82. The van der Waals surface area contributed by atoms with E-state index in [2.05, 4.69) is 0 Å². The average Bonchev–Trinajstić information content (AvgIpc) is 2.25. The summed E-state index contributed by atoms with van der Waals surface area (Å²) in [5.74, 6) is -0.322. The number of hydrogen-bond acceptors (Lipinski definition) is 3. The maximum absolute atomic E-state index is 13.7. The fourth-order valence-corrected chi connectivity index (χ4v) is 1.44. The van der Waals surface area contributed by atoms with Gasteiger partial charge in [-0.3, -0.25) is 0 Å². The molecule has 0 bridgehead atoms. The monoisotopic (exact) mass is 227 g/mol. The highest BCUT2D eigenvalue weighted by Crippen LogP contribution is 2.22. The molecule has 0 aliphatic rings. The largest absolute Gasteiger partial charge is 0.389 e. The molecule has 0 radical (unpaired) electrons. The van der Waals surface area contributed by atoms with Crippen LogP contribution in [0.15, 0.2) is 18.2 Å². The number of anilines is 1. The molecule has 0 heterocycles. The SMILES string of the molecule is COCCN(C)c1ccc([C@H](C)O)cc1F. The van der Waals surface area contributed by atoms with Crippen molar-refractivity contribution in [1.82, 2.24) is 0 Å². The van der Waals surface area contributed by atoms with Crippen molar-refractivity contribution in [2.75, 3.05) is 32.2 Å². The quantitative estimate of drug-likeness (QED) is 0.834. The van der Waals surface area contributed by atoms with E-state index in [9.17, 15) is 9.50 Å². The van der Waals surface area contributed by atoms with Crippen molar-refractivity contribution >= 4 is 5.69 Å². The number of methoxy groups -OCH3 is 1. The van der Waals surface area contributed by atoms with Crippen molar-refractivity contribution in [2.24, 2.45) is 0 Å². The van der Waals surface area contributed by atoms with Gasteiger partial charge in [-0.05, 0) is 24.6 Å². The van der Waals surface area contributed by atoms with Crippen LogP contribution < -0.4 is 4.90 Å². The van der Waals surface area contributed by atoms with E-state index in [0.29, 0.717) is 24.4 Å². The molecule has 0 saturated carbocycles. The van der Waals surface area contributed by atoms with Crippen molar-refractivity contribution < 1.29 is 14.2 Å². The summed E-state index contributed by atoms with van der Waals surface area (Å²) in [7, 11) is 3.42. The summed E-state index contributed by atoms with van der Waals surface area (Å²) in [4.78, 5) is 1.78. The van der Waals surface area contributed by atoms with Crippen molar-refractivity contribution in [3.05, 3.63) is 29.6 Å². The van der Waals surface area contributed by atoms with Crippen LogP contribution in [0.1, 0.15) is 18.6 Å². The van der Waals surface area contributed by atoms with Gasteiger partial charge >= 0.3 is 0 Å². The minimum absolute atomic E-state index is 0.322. The fourth-order valence-electron chi connectivity index (χ4n) is 1.44. The Hall–Kier alpha value is -1.13. The molecule has 0 aromatic heterocycles. The van der Waals surface area contributed by atoms with E-state index in [1.165, 1.54) is 6.07 Å². The number of nitrogens with zero attached hydrogens (tertiary/aromatic N) is 1. The molecule has 1 rings (SSSR count). The van der Waals surface area contributed by atoms with Crippen molar-refractivity contribution in [3.8, 4) is 0 Å². The maximum Gasteiger partial charge on any atom is 0.146 e. The zero-order chi connectivity index (χ0) is 12.1. The normalized spacial score (nSPS) is 12.6. The smallest absolute Gasteiger partial charge is 0.146 e. The van der Waals surface area contributed by atoms with Crippen LogP contribution in [0, 0.1) is 5.82 Å². The van der Waals surface area contributed by atoms with Crippen LogP contribution in [0.5, 0.6) is 0 Å². The van der Waals surface area contributed by atoms with Gasteiger partial charge in [-0.2, -0.15) is 0 Å². The molecule has 4 heteroatoms.